The predicted octanol–water partition coefficient (Wildman–Crippen LogP) is 2.05. The molecule has 0 radical (unpaired) electrons. The second kappa shape index (κ2) is 6.50. The number of H-pyrrole nitrogens is 1. The van der Waals surface area contributed by atoms with Crippen LogP contribution in [-0.2, 0) is 11.2 Å². The summed E-state index contributed by atoms with van der Waals surface area (Å²) in [7, 11) is 0. The van der Waals surface area contributed by atoms with E-state index in [1.807, 2.05) is 11.8 Å². The Kier molecular flexibility index (Phi) is 4.04. The van der Waals surface area contributed by atoms with Gasteiger partial charge in [0.25, 0.3) is 0 Å². The van der Waals surface area contributed by atoms with E-state index in [9.17, 15) is 4.79 Å². The molecule has 130 valence electrons. The van der Waals surface area contributed by atoms with Gasteiger partial charge in [-0.15, -0.1) is 0 Å². The topological polar surface area (TPSA) is 114 Å². The molecular weight excluding hydrogens is 324 g/mol. The average molecular weight is 342 g/mol. The van der Waals surface area contributed by atoms with Crippen LogP contribution in [0.3, 0.4) is 0 Å². The fourth-order valence-corrected chi connectivity index (χ4v) is 3.06. The van der Waals surface area contributed by atoms with E-state index in [0.717, 1.165) is 25.2 Å². The van der Waals surface area contributed by atoms with Crippen molar-refractivity contribution in [1.82, 2.24) is 30.2 Å². The summed E-state index contributed by atoms with van der Waals surface area (Å²) < 4.78 is 10.4. The van der Waals surface area contributed by atoms with Crippen LogP contribution in [0.15, 0.2) is 27.3 Å². The molecule has 0 aromatic carbocycles. The molecule has 1 unspecified atom stereocenters. The van der Waals surface area contributed by atoms with Crippen molar-refractivity contribution < 1.29 is 13.7 Å². The molecule has 3 aromatic heterocycles. The lowest BCUT2D eigenvalue weighted by Gasteiger charge is -2.22. The zero-order valence-electron chi connectivity index (χ0n) is 13.8. The van der Waals surface area contributed by atoms with Gasteiger partial charge in [0, 0.05) is 19.4 Å². The molecule has 0 bridgehead atoms. The SMILES string of the molecule is Cc1nc(C2CCCN2C(=O)CCc2nc(-c3ccco3)no2)n[nH]1. The zero-order valence-corrected chi connectivity index (χ0v) is 13.8. The second-order valence-electron chi connectivity index (χ2n) is 6.01. The zero-order chi connectivity index (χ0) is 17.2. The van der Waals surface area contributed by atoms with Crippen LogP contribution in [0, 0.1) is 6.92 Å². The van der Waals surface area contributed by atoms with Gasteiger partial charge in [-0.05, 0) is 31.9 Å². The van der Waals surface area contributed by atoms with Crippen molar-refractivity contribution in [3.8, 4) is 11.6 Å². The van der Waals surface area contributed by atoms with Crippen LogP contribution < -0.4 is 0 Å². The van der Waals surface area contributed by atoms with Crippen LogP contribution in [0.1, 0.15) is 42.8 Å². The molecular formula is C16H18N6O3. The van der Waals surface area contributed by atoms with Gasteiger partial charge in [-0.3, -0.25) is 9.89 Å². The molecule has 1 fully saturated rings. The van der Waals surface area contributed by atoms with E-state index in [0.29, 0.717) is 36.1 Å². The first kappa shape index (κ1) is 15.6. The number of amides is 1. The van der Waals surface area contributed by atoms with Gasteiger partial charge < -0.3 is 13.8 Å². The molecule has 0 aliphatic carbocycles. The third-order valence-corrected chi connectivity index (χ3v) is 4.25. The first-order valence-electron chi connectivity index (χ1n) is 8.25. The number of rotatable bonds is 5. The van der Waals surface area contributed by atoms with Gasteiger partial charge >= 0.3 is 0 Å². The van der Waals surface area contributed by atoms with E-state index in [1.54, 1.807) is 18.4 Å². The van der Waals surface area contributed by atoms with Crippen molar-refractivity contribution in [3.63, 3.8) is 0 Å². The number of hydrogen-bond acceptors (Lipinski definition) is 7. The maximum Gasteiger partial charge on any atom is 0.238 e. The van der Waals surface area contributed by atoms with E-state index < -0.39 is 0 Å². The highest BCUT2D eigenvalue weighted by atomic mass is 16.5. The molecule has 3 aromatic rings. The number of nitrogens with one attached hydrogen (secondary N) is 1. The highest BCUT2D eigenvalue weighted by Crippen LogP contribution is 2.30. The van der Waals surface area contributed by atoms with Gasteiger partial charge in [-0.2, -0.15) is 10.1 Å². The molecule has 1 saturated heterocycles. The lowest BCUT2D eigenvalue weighted by molar-refractivity contribution is -0.132. The van der Waals surface area contributed by atoms with Crippen molar-refractivity contribution in [3.05, 3.63) is 35.9 Å². The first-order chi connectivity index (χ1) is 12.2. The summed E-state index contributed by atoms with van der Waals surface area (Å²) in [4.78, 5) is 23.1. The molecule has 25 heavy (non-hydrogen) atoms. The Balaban J connectivity index is 1.38. The molecule has 1 aliphatic heterocycles. The number of nitrogens with zero attached hydrogens (tertiary/aromatic N) is 5. The minimum Gasteiger partial charge on any atom is -0.461 e. The third kappa shape index (κ3) is 3.17. The number of likely N-dealkylation sites (tertiary alicyclic amines) is 1. The molecule has 0 saturated carbocycles. The number of aromatic amines is 1. The predicted molar refractivity (Wildman–Crippen MR) is 85.1 cm³/mol. The Morgan fingerprint density at radius 2 is 2.36 bits per heavy atom. The Bertz CT molecular complexity index is 853. The van der Waals surface area contributed by atoms with E-state index in [1.165, 1.54) is 0 Å². The first-order valence-corrected chi connectivity index (χ1v) is 8.25. The molecule has 4 heterocycles. The number of carbonyl (C=O) groups excluding carboxylic acids is 1. The van der Waals surface area contributed by atoms with Crippen LogP contribution in [0.25, 0.3) is 11.6 Å². The summed E-state index contributed by atoms with van der Waals surface area (Å²) >= 11 is 0. The summed E-state index contributed by atoms with van der Waals surface area (Å²) in [5, 5.41) is 10.9. The lowest BCUT2D eigenvalue weighted by Crippen LogP contribution is -2.31. The second-order valence-corrected chi connectivity index (χ2v) is 6.01. The smallest absolute Gasteiger partial charge is 0.238 e. The number of aromatic nitrogens is 5. The van der Waals surface area contributed by atoms with Crippen LogP contribution in [0.4, 0.5) is 0 Å². The van der Waals surface area contributed by atoms with Gasteiger partial charge in [0.05, 0.1) is 12.3 Å². The van der Waals surface area contributed by atoms with Crippen LogP contribution in [0.5, 0.6) is 0 Å². The Labute approximate surface area is 143 Å². The Hall–Kier alpha value is -2.97. The largest absolute Gasteiger partial charge is 0.461 e. The fraction of sp³-hybridized carbons (Fsp3) is 0.438. The highest BCUT2D eigenvalue weighted by molar-refractivity contribution is 5.77. The number of carbonyl (C=O) groups is 1. The minimum atomic E-state index is -0.0567. The summed E-state index contributed by atoms with van der Waals surface area (Å²) in [5.41, 5.74) is 0. The van der Waals surface area contributed by atoms with Crippen LogP contribution >= 0.6 is 0 Å². The van der Waals surface area contributed by atoms with E-state index in [-0.39, 0.29) is 11.9 Å². The standard InChI is InChI=1S/C16H18N6O3/c1-10-17-15(20-19-10)11-4-2-8-22(11)14(23)7-6-13-18-16(21-25-13)12-5-3-9-24-12/h3,5,9,11H,2,4,6-8H2,1H3,(H,17,19,20). The third-order valence-electron chi connectivity index (χ3n) is 4.25. The summed E-state index contributed by atoms with van der Waals surface area (Å²) in [6, 6.07) is 3.46. The molecule has 1 N–H and O–H groups in total. The summed E-state index contributed by atoms with van der Waals surface area (Å²) in [5.74, 6) is 2.84. The van der Waals surface area contributed by atoms with Gasteiger partial charge in [-0.1, -0.05) is 5.16 Å². The minimum absolute atomic E-state index is 0.0442. The Morgan fingerprint density at radius 3 is 3.12 bits per heavy atom. The molecule has 4 rings (SSSR count). The van der Waals surface area contributed by atoms with Crippen LogP contribution in [0.2, 0.25) is 0 Å². The van der Waals surface area contributed by atoms with E-state index >= 15 is 0 Å². The molecule has 1 amide bonds. The normalized spacial score (nSPS) is 17.3. The molecule has 9 heteroatoms. The van der Waals surface area contributed by atoms with Crippen molar-refractivity contribution >= 4 is 5.91 Å². The molecule has 9 nitrogen and oxygen atoms in total. The molecule has 1 atom stereocenters. The molecule has 1 aliphatic rings. The lowest BCUT2D eigenvalue weighted by atomic mass is 10.2. The monoisotopic (exact) mass is 342 g/mol. The van der Waals surface area contributed by atoms with Gasteiger partial charge in [-0.25, -0.2) is 4.98 Å². The van der Waals surface area contributed by atoms with Crippen molar-refractivity contribution in [2.24, 2.45) is 0 Å². The highest BCUT2D eigenvalue weighted by Gasteiger charge is 2.32. The quantitative estimate of drug-likeness (QED) is 0.754. The van der Waals surface area contributed by atoms with E-state index in [4.69, 9.17) is 8.94 Å². The summed E-state index contributed by atoms with van der Waals surface area (Å²) in [6.45, 7) is 2.57. The van der Waals surface area contributed by atoms with Crippen molar-refractivity contribution in [2.45, 2.75) is 38.6 Å². The average Bonchev–Trinajstić information content (AvgIpc) is 3.38. The Morgan fingerprint density at radius 1 is 1.44 bits per heavy atom. The van der Waals surface area contributed by atoms with Crippen molar-refractivity contribution in [2.75, 3.05) is 6.54 Å². The summed E-state index contributed by atoms with van der Waals surface area (Å²) in [6.07, 6.45) is 4.08. The maximum atomic E-state index is 12.6. The van der Waals surface area contributed by atoms with E-state index in [2.05, 4.69) is 25.3 Å². The van der Waals surface area contributed by atoms with Gasteiger partial charge in [0.15, 0.2) is 11.6 Å². The van der Waals surface area contributed by atoms with Crippen LogP contribution in [-0.4, -0.2) is 42.7 Å². The van der Waals surface area contributed by atoms with Crippen molar-refractivity contribution in [1.29, 1.82) is 0 Å². The maximum absolute atomic E-state index is 12.6. The number of hydrogen-bond donors (Lipinski definition) is 1. The van der Waals surface area contributed by atoms with Gasteiger partial charge in [0.2, 0.25) is 17.6 Å². The number of aryl methyl sites for hydroxylation is 2. The fourth-order valence-electron chi connectivity index (χ4n) is 3.06. The number of furan rings is 1. The van der Waals surface area contributed by atoms with Gasteiger partial charge in [0.1, 0.15) is 5.82 Å². The molecule has 0 spiro atoms.